The van der Waals surface area contributed by atoms with Crippen LogP contribution in [0.5, 0.6) is 5.75 Å². The van der Waals surface area contributed by atoms with E-state index in [9.17, 15) is 4.79 Å². The van der Waals surface area contributed by atoms with Gasteiger partial charge in [0.05, 0.1) is 11.1 Å². The molecule has 0 radical (unpaired) electrons. The number of hydrogen-bond acceptors (Lipinski definition) is 3. The van der Waals surface area contributed by atoms with E-state index < -0.39 is 0 Å². The number of hydrogen-bond donors (Lipinski definition) is 1. The van der Waals surface area contributed by atoms with Crippen molar-refractivity contribution in [3.8, 4) is 11.4 Å². The quantitative estimate of drug-likeness (QED) is 0.349. The van der Waals surface area contributed by atoms with Crippen LogP contribution in [0.25, 0.3) is 5.69 Å². The summed E-state index contributed by atoms with van der Waals surface area (Å²) < 4.78 is 13.3. The molecule has 1 amide bonds. The number of nitrogens with one attached hydrogen (secondary N) is 1. The average Bonchev–Trinajstić information content (AvgIpc) is 3.46. The number of benzene rings is 2. The number of furan rings is 1. The van der Waals surface area contributed by atoms with E-state index in [2.05, 4.69) is 5.32 Å². The fourth-order valence-corrected chi connectivity index (χ4v) is 3.59. The fourth-order valence-electron chi connectivity index (χ4n) is 3.13. The monoisotopic (exact) mass is 454 g/mol. The highest BCUT2D eigenvalue weighted by Crippen LogP contribution is 2.28. The number of halogens is 2. The molecule has 2 aromatic heterocycles. The lowest BCUT2D eigenvalue weighted by Gasteiger charge is -2.15. The van der Waals surface area contributed by atoms with Gasteiger partial charge in [-0.15, -0.1) is 0 Å². The molecule has 7 heteroatoms. The summed E-state index contributed by atoms with van der Waals surface area (Å²) in [5, 5.41) is 3.91. The summed E-state index contributed by atoms with van der Waals surface area (Å²) in [6.45, 7) is 2.07. The van der Waals surface area contributed by atoms with Crippen molar-refractivity contribution in [1.82, 2.24) is 9.88 Å². The molecule has 1 N–H and O–H groups in total. The van der Waals surface area contributed by atoms with Crippen molar-refractivity contribution in [2.75, 3.05) is 0 Å². The van der Waals surface area contributed by atoms with Crippen LogP contribution in [-0.2, 0) is 6.61 Å². The molecule has 2 heterocycles. The van der Waals surface area contributed by atoms with Crippen molar-refractivity contribution in [1.29, 1.82) is 0 Å². The van der Waals surface area contributed by atoms with Crippen LogP contribution in [0.4, 0.5) is 0 Å². The number of carbonyl (C=O) groups excluding carboxylic acids is 1. The average molecular weight is 455 g/mol. The second-order valence-electron chi connectivity index (χ2n) is 7.01. The molecular weight excluding hydrogens is 435 g/mol. The molecule has 31 heavy (non-hydrogen) atoms. The Kier molecular flexibility index (Phi) is 6.35. The second kappa shape index (κ2) is 9.33. The summed E-state index contributed by atoms with van der Waals surface area (Å²) in [4.78, 5) is 12.6. The minimum atomic E-state index is -0.297. The zero-order valence-corrected chi connectivity index (χ0v) is 18.2. The minimum absolute atomic E-state index is 0.142. The first-order valence-electron chi connectivity index (χ1n) is 9.70. The number of rotatable bonds is 7. The molecule has 0 saturated heterocycles. The number of nitrogens with zero attached hydrogens (tertiary/aromatic N) is 1. The smallest absolute Gasteiger partial charge is 0.287 e. The van der Waals surface area contributed by atoms with Gasteiger partial charge in [0, 0.05) is 23.1 Å². The standard InChI is InChI=1S/C24H20Cl2N2O3/c1-16(17-5-4-6-19(13-17)28-11-2-3-12-28)27-24(29)23-10-8-20(31-23)15-30-22-9-7-18(25)14-21(22)26/h2-14,16H,15H2,1H3,(H,27,29). The van der Waals surface area contributed by atoms with Crippen LogP contribution < -0.4 is 10.1 Å². The van der Waals surface area contributed by atoms with Crippen molar-refractivity contribution in [3.63, 3.8) is 0 Å². The van der Waals surface area contributed by atoms with Crippen molar-refractivity contribution in [3.05, 3.63) is 106 Å². The second-order valence-corrected chi connectivity index (χ2v) is 7.85. The molecule has 0 aliphatic rings. The van der Waals surface area contributed by atoms with E-state index >= 15 is 0 Å². The summed E-state index contributed by atoms with van der Waals surface area (Å²) >= 11 is 12.0. The molecule has 158 valence electrons. The third kappa shape index (κ3) is 5.13. The highest BCUT2D eigenvalue weighted by molar-refractivity contribution is 6.35. The topological polar surface area (TPSA) is 56.4 Å². The Morgan fingerprint density at radius 3 is 2.65 bits per heavy atom. The van der Waals surface area contributed by atoms with Crippen molar-refractivity contribution < 1.29 is 13.9 Å². The maximum Gasteiger partial charge on any atom is 0.287 e. The zero-order chi connectivity index (χ0) is 21.8. The lowest BCUT2D eigenvalue weighted by Crippen LogP contribution is -2.26. The maximum absolute atomic E-state index is 12.6. The minimum Gasteiger partial charge on any atom is -0.484 e. The van der Waals surface area contributed by atoms with E-state index in [1.807, 2.05) is 60.3 Å². The van der Waals surface area contributed by atoms with Gasteiger partial charge < -0.3 is 19.0 Å². The van der Waals surface area contributed by atoms with E-state index in [4.69, 9.17) is 32.4 Å². The van der Waals surface area contributed by atoms with Gasteiger partial charge >= 0.3 is 0 Å². The molecule has 0 bridgehead atoms. The number of carbonyl (C=O) groups is 1. The van der Waals surface area contributed by atoms with E-state index in [-0.39, 0.29) is 24.3 Å². The first-order valence-corrected chi connectivity index (χ1v) is 10.5. The third-order valence-corrected chi connectivity index (χ3v) is 5.30. The van der Waals surface area contributed by atoms with Crippen molar-refractivity contribution in [2.24, 2.45) is 0 Å². The summed E-state index contributed by atoms with van der Waals surface area (Å²) in [7, 11) is 0. The molecular formula is C24H20Cl2N2O3. The molecule has 0 aliphatic carbocycles. The van der Waals surface area contributed by atoms with Gasteiger partial charge in [-0.05, 0) is 67.1 Å². The molecule has 2 aromatic carbocycles. The summed E-state index contributed by atoms with van der Waals surface area (Å²) in [6, 6.07) is 20.1. The Bertz CT molecular complexity index is 1190. The van der Waals surface area contributed by atoms with E-state index in [0.29, 0.717) is 21.6 Å². The van der Waals surface area contributed by atoms with Crippen LogP contribution in [0.1, 0.15) is 34.8 Å². The highest BCUT2D eigenvalue weighted by Gasteiger charge is 2.16. The van der Waals surface area contributed by atoms with Crippen LogP contribution in [0.2, 0.25) is 10.0 Å². The Morgan fingerprint density at radius 2 is 1.87 bits per heavy atom. The molecule has 1 unspecified atom stereocenters. The van der Waals surface area contributed by atoms with Crippen LogP contribution in [-0.4, -0.2) is 10.5 Å². The van der Waals surface area contributed by atoms with Crippen LogP contribution in [0.3, 0.4) is 0 Å². The van der Waals surface area contributed by atoms with Gasteiger partial charge in [-0.3, -0.25) is 4.79 Å². The molecule has 4 aromatic rings. The molecule has 0 saturated carbocycles. The predicted molar refractivity (Wildman–Crippen MR) is 121 cm³/mol. The lowest BCUT2D eigenvalue weighted by molar-refractivity contribution is 0.0907. The molecule has 0 aliphatic heterocycles. The number of aromatic nitrogens is 1. The Balaban J connectivity index is 1.38. The Morgan fingerprint density at radius 1 is 1.06 bits per heavy atom. The van der Waals surface area contributed by atoms with Crippen molar-refractivity contribution in [2.45, 2.75) is 19.6 Å². The molecule has 4 rings (SSSR count). The van der Waals surface area contributed by atoms with Gasteiger partial charge in [0.2, 0.25) is 0 Å². The zero-order valence-electron chi connectivity index (χ0n) is 16.7. The van der Waals surface area contributed by atoms with Gasteiger partial charge in [0.15, 0.2) is 5.76 Å². The van der Waals surface area contributed by atoms with Gasteiger partial charge in [-0.1, -0.05) is 35.3 Å². The lowest BCUT2D eigenvalue weighted by atomic mass is 10.1. The molecule has 5 nitrogen and oxygen atoms in total. The Hall–Kier alpha value is -3.15. The summed E-state index contributed by atoms with van der Waals surface area (Å²) in [6.07, 6.45) is 3.96. The predicted octanol–water partition coefficient (Wildman–Crippen LogP) is 6.45. The maximum atomic E-state index is 12.6. The first-order chi connectivity index (χ1) is 15.0. The summed E-state index contributed by atoms with van der Waals surface area (Å²) in [5.74, 6) is 0.923. The van der Waals surface area contributed by atoms with Gasteiger partial charge in [-0.25, -0.2) is 0 Å². The first kappa shape index (κ1) is 21.1. The van der Waals surface area contributed by atoms with Crippen LogP contribution >= 0.6 is 23.2 Å². The van der Waals surface area contributed by atoms with Crippen molar-refractivity contribution >= 4 is 29.1 Å². The van der Waals surface area contributed by atoms with Gasteiger partial charge in [0.1, 0.15) is 18.1 Å². The third-order valence-electron chi connectivity index (χ3n) is 4.77. The normalized spacial score (nSPS) is 11.8. The Labute approximate surface area is 190 Å². The molecule has 0 fully saturated rings. The highest BCUT2D eigenvalue weighted by atomic mass is 35.5. The number of ether oxygens (including phenoxy) is 1. The summed E-state index contributed by atoms with van der Waals surface area (Å²) in [5.41, 5.74) is 2.02. The van der Waals surface area contributed by atoms with E-state index in [1.54, 1.807) is 30.3 Å². The van der Waals surface area contributed by atoms with Gasteiger partial charge in [0.25, 0.3) is 5.91 Å². The van der Waals surface area contributed by atoms with Crippen LogP contribution in [0.15, 0.2) is 83.5 Å². The largest absolute Gasteiger partial charge is 0.484 e. The van der Waals surface area contributed by atoms with Crippen LogP contribution in [0, 0.1) is 0 Å². The van der Waals surface area contributed by atoms with Gasteiger partial charge in [-0.2, -0.15) is 0 Å². The number of amides is 1. The van der Waals surface area contributed by atoms with E-state index in [1.165, 1.54) is 0 Å². The van der Waals surface area contributed by atoms with E-state index in [0.717, 1.165) is 11.3 Å². The SMILES string of the molecule is CC(NC(=O)c1ccc(COc2ccc(Cl)cc2Cl)o1)c1cccc(-n2cccc2)c1. The fraction of sp³-hybridized carbons (Fsp3) is 0.125. The molecule has 0 spiro atoms. The molecule has 1 atom stereocenters.